The highest BCUT2D eigenvalue weighted by atomic mass is 35.5. The Balaban J connectivity index is 1.85. The first-order valence-corrected chi connectivity index (χ1v) is 9.27. The quantitative estimate of drug-likeness (QED) is 0.549. The van der Waals surface area contributed by atoms with Crippen LogP contribution in [0, 0.1) is 0 Å². The monoisotopic (exact) mass is 416 g/mol. The molecule has 0 aliphatic rings. The molecule has 0 saturated carbocycles. The minimum absolute atomic E-state index is 0.0867. The molecule has 2 aromatic carbocycles. The van der Waals surface area contributed by atoms with Crippen molar-refractivity contribution >= 4 is 34.4 Å². The van der Waals surface area contributed by atoms with E-state index in [0.717, 1.165) is 5.52 Å². The van der Waals surface area contributed by atoms with Crippen LogP contribution >= 0.6 is 11.6 Å². The number of amides is 1. The number of aliphatic carboxylic acids is 1. The molecule has 1 heterocycles. The van der Waals surface area contributed by atoms with Gasteiger partial charge in [-0.3, -0.25) is 9.59 Å². The predicted molar refractivity (Wildman–Crippen MR) is 110 cm³/mol. The van der Waals surface area contributed by atoms with E-state index in [1.165, 1.54) is 7.11 Å². The van der Waals surface area contributed by atoms with Crippen LogP contribution in [0.3, 0.4) is 0 Å². The molecule has 152 valence electrons. The number of carboxylic acids is 1. The van der Waals surface area contributed by atoms with Crippen molar-refractivity contribution in [1.29, 1.82) is 0 Å². The van der Waals surface area contributed by atoms with Crippen molar-refractivity contribution in [2.75, 3.05) is 13.7 Å². The van der Waals surface area contributed by atoms with E-state index < -0.39 is 12.0 Å². The van der Waals surface area contributed by atoms with E-state index in [-0.39, 0.29) is 18.9 Å². The van der Waals surface area contributed by atoms with Crippen LogP contribution < -0.4 is 10.1 Å². The summed E-state index contributed by atoms with van der Waals surface area (Å²) in [6.45, 7) is -0.303. The molecular weight excluding hydrogens is 396 g/mol. The molecule has 3 N–H and O–H groups in total. The number of nitrogens with one attached hydrogen (secondary N) is 1. The van der Waals surface area contributed by atoms with Gasteiger partial charge in [0.05, 0.1) is 36.7 Å². The maximum atomic E-state index is 12.9. The van der Waals surface area contributed by atoms with Gasteiger partial charge in [0.25, 0.3) is 5.91 Å². The smallest absolute Gasteiger partial charge is 0.307 e. The Morgan fingerprint density at radius 2 is 1.90 bits per heavy atom. The SMILES string of the molecule is COc1ccc2c(cc(C(=O)N[C@H](CO)c3ccc(CC(=O)O)cc3)n2C)c1Cl. The summed E-state index contributed by atoms with van der Waals surface area (Å²) in [6, 6.07) is 11.3. The molecule has 0 aliphatic carbocycles. The molecule has 8 heteroatoms. The van der Waals surface area contributed by atoms with E-state index in [0.29, 0.717) is 33.0 Å². The van der Waals surface area contributed by atoms with E-state index in [1.807, 2.05) is 6.07 Å². The van der Waals surface area contributed by atoms with Gasteiger partial charge in [0.1, 0.15) is 11.4 Å². The zero-order chi connectivity index (χ0) is 21.1. The van der Waals surface area contributed by atoms with Gasteiger partial charge in [-0.25, -0.2) is 0 Å². The van der Waals surface area contributed by atoms with E-state index in [9.17, 15) is 14.7 Å². The first-order valence-electron chi connectivity index (χ1n) is 8.90. The average Bonchev–Trinajstić information content (AvgIpc) is 3.04. The fraction of sp³-hybridized carbons (Fsp3) is 0.238. The number of hydrogen-bond donors (Lipinski definition) is 3. The number of halogens is 1. The van der Waals surface area contributed by atoms with Crippen LogP contribution in [0.5, 0.6) is 5.75 Å². The predicted octanol–water partition coefficient (Wildman–Crippen LogP) is 2.93. The van der Waals surface area contributed by atoms with Crippen LogP contribution in [0.25, 0.3) is 10.9 Å². The number of aliphatic hydroxyl groups excluding tert-OH is 1. The van der Waals surface area contributed by atoms with Crippen molar-refractivity contribution in [3.8, 4) is 5.75 Å². The highest BCUT2D eigenvalue weighted by molar-refractivity contribution is 6.37. The average molecular weight is 417 g/mol. The third-order valence-electron chi connectivity index (χ3n) is 4.80. The maximum absolute atomic E-state index is 12.9. The van der Waals surface area contributed by atoms with Gasteiger partial charge in [0.15, 0.2) is 0 Å². The van der Waals surface area contributed by atoms with Crippen LogP contribution in [0.2, 0.25) is 5.02 Å². The molecule has 3 rings (SSSR count). The number of carbonyl (C=O) groups excluding carboxylic acids is 1. The lowest BCUT2D eigenvalue weighted by atomic mass is 10.0. The largest absolute Gasteiger partial charge is 0.495 e. The van der Waals surface area contributed by atoms with Crippen LogP contribution in [-0.4, -0.2) is 40.4 Å². The molecule has 29 heavy (non-hydrogen) atoms. The summed E-state index contributed by atoms with van der Waals surface area (Å²) in [5.74, 6) is -0.769. The Morgan fingerprint density at radius 3 is 2.48 bits per heavy atom. The van der Waals surface area contributed by atoms with Crippen molar-refractivity contribution in [3.05, 3.63) is 64.3 Å². The van der Waals surface area contributed by atoms with Crippen LogP contribution in [0.1, 0.15) is 27.7 Å². The van der Waals surface area contributed by atoms with Crippen molar-refractivity contribution in [2.24, 2.45) is 7.05 Å². The van der Waals surface area contributed by atoms with Gasteiger partial charge < -0.3 is 24.8 Å². The van der Waals surface area contributed by atoms with Crippen LogP contribution in [0.4, 0.5) is 0 Å². The second-order valence-electron chi connectivity index (χ2n) is 6.62. The second-order valence-corrected chi connectivity index (χ2v) is 7.00. The second kappa shape index (κ2) is 8.55. The van der Waals surface area contributed by atoms with Crippen molar-refractivity contribution < 1.29 is 24.5 Å². The molecule has 0 unspecified atom stereocenters. The molecule has 3 aromatic rings. The maximum Gasteiger partial charge on any atom is 0.307 e. The summed E-state index contributed by atoms with van der Waals surface area (Å²) in [7, 11) is 3.28. The summed E-state index contributed by atoms with van der Waals surface area (Å²) in [5, 5.41) is 22.5. The number of carboxylic acid groups (broad SMARTS) is 1. The Bertz CT molecular complexity index is 1060. The van der Waals surface area contributed by atoms with Gasteiger partial charge in [-0.1, -0.05) is 35.9 Å². The van der Waals surface area contributed by atoms with Crippen LogP contribution in [-0.2, 0) is 18.3 Å². The number of fused-ring (bicyclic) bond motifs is 1. The first kappa shape index (κ1) is 20.7. The zero-order valence-electron chi connectivity index (χ0n) is 16.0. The Hall–Kier alpha value is -3.03. The molecule has 0 spiro atoms. The van der Waals surface area contributed by atoms with Crippen LogP contribution in [0.15, 0.2) is 42.5 Å². The fourth-order valence-corrected chi connectivity index (χ4v) is 3.53. The van der Waals surface area contributed by atoms with E-state index in [2.05, 4.69) is 5.32 Å². The number of aliphatic hydroxyl groups is 1. The lowest BCUT2D eigenvalue weighted by Crippen LogP contribution is -2.32. The number of aryl methyl sites for hydroxylation is 1. The molecule has 0 fully saturated rings. The number of benzene rings is 2. The molecule has 0 aliphatic heterocycles. The molecular formula is C21H21ClN2O5. The number of nitrogens with zero attached hydrogens (tertiary/aromatic N) is 1. The Labute approximate surface area is 172 Å². The van der Waals surface area contributed by atoms with E-state index in [1.54, 1.807) is 48.0 Å². The molecule has 0 bridgehead atoms. The van der Waals surface area contributed by atoms with Crippen molar-refractivity contribution in [2.45, 2.75) is 12.5 Å². The molecule has 1 aromatic heterocycles. The lowest BCUT2D eigenvalue weighted by molar-refractivity contribution is -0.136. The summed E-state index contributed by atoms with van der Waals surface area (Å²) >= 11 is 6.36. The number of carbonyl (C=O) groups is 2. The van der Waals surface area contributed by atoms with Gasteiger partial charge in [0.2, 0.25) is 0 Å². The normalized spacial score (nSPS) is 12.0. The fourth-order valence-electron chi connectivity index (χ4n) is 3.24. The standard InChI is InChI=1S/C21H21ClN2O5/c1-24-16-7-8-18(29-2)20(22)14(16)10-17(24)21(28)23-15(11-25)13-5-3-12(4-6-13)9-19(26)27/h3-8,10,15,25H,9,11H2,1-2H3,(H,23,28)(H,26,27)/t15-/m1/s1. The highest BCUT2D eigenvalue weighted by Crippen LogP contribution is 2.34. The van der Waals surface area contributed by atoms with E-state index >= 15 is 0 Å². The molecule has 0 radical (unpaired) electrons. The zero-order valence-corrected chi connectivity index (χ0v) is 16.7. The number of rotatable bonds is 7. The minimum atomic E-state index is -0.921. The number of methoxy groups -OCH3 is 1. The van der Waals surface area contributed by atoms with Crippen molar-refractivity contribution in [1.82, 2.24) is 9.88 Å². The number of hydrogen-bond acceptors (Lipinski definition) is 4. The lowest BCUT2D eigenvalue weighted by Gasteiger charge is -2.17. The van der Waals surface area contributed by atoms with Gasteiger partial charge in [-0.15, -0.1) is 0 Å². The van der Waals surface area contributed by atoms with Crippen molar-refractivity contribution in [3.63, 3.8) is 0 Å². The van der Waals surface area contributed by atoms with Gasteiger partial charge >= 0.3 is 5.97 Å². The summed E-state index contributed by atoms with van der Waals surface area (Å²) < 4.78 is 6.95. The summed E-state index contributed by atoms with van der Waals surface area (Å²) in [6.07, 6.45) is -0.0867. The molecule has 0 saturated heterocycles. The summed E-state index contributed by atoms with van der Waals surface area (Å²) in [5.41, 5.74) is 2.48. The molecule has 7 nitrogen and oxygen atoms in total. The first-order chi connectivity index (χ1) is 13.8. The van der Waals surface area contributed by atoms with Gasteiger partial charge in [0, 0.05) is 12.4 Å². The number of aromatic nitrogens is 1. The molecule has 1 amide bonds. The highest BCUT2D eigenvalue weighted by Gasteiger charge is 2.20. The summed E-state index contributed by atoms with van der Waals surface area (Å²) in [4.78, 5) is 23.7. The molecule has 1 atom stereocenters. The van der Waals surface area contributed by atoms with E-state index in [4.69, 9.17) is 21.4 Å². The minimum Gasteiger partial charge on any atom is -0.495 e. The Morgan fingerprint density at radius 1 is 1.21 bits per heavy atom. The number of ether oxygens (including phenoxy) is 1. The van der Waals surface area contributed by atoms with Gasteiger partial charge in [-0.05, 0) is 29.3 Å². The third-order valence-corrected chi connectivity index (χ3v) is 5.19. The third kappa shape index (κ3) is 4.21. The topological polar surface area (TPSA) is 101 Å². The van der Waals surface area contributed by atoms with Gasteiger partial charge in [-0.2, -0.15) is 0 Å². The Kier molecular flexibility index (Phi) is 6.10.